The molecular formula is C15H21FO. The number of aryl methyl sites for hydroxylation is 1. The quantitative estimate of drug-likeness (QED) is 0.836. The molecule has 0 radical (unpaired) electrons. The first-order chi connectivity index (χ1) is 8.16. The first-order valence-electron chi connectivity index (χ1n) is 6.61. The van der Waals surface area contributed by atoms with Gasteiger partial charge >= 0.3 is 0 Å². The van der Waals surface area contributed by atoms with Gasteiger partial charge in [0.2, 0.25) is 0 Å². The number of rotatable bonds is 3. The molecule has 94 valence electrons. The largest absolute Gasteiger partial charge is 0.388 e. The minimum absolute atomic E-state index is 0.226. The third-order valence-corrected chi connectivity index (χ3v) is 3.87. The Morgan fingerprint density at radius 3 is 2.65 bits per heavy atom. The van der Waals surface area contributed by atoms with Crippen molar-refractivity contribution in [2.45, 2.75) is 51.6 Å². The molecule has 2 heteroatoms. The fourth-order valence-corrected chi connectivity index (χ4v) is 2.88. The van der Waals surface area contributed by atoms with Crippen molar-refractivity contribution in [2.75, 3.05) is 0 Å². The Kier molecular flexibility index (Phi) is 4.16. The van der Waals surface area contributed by atoms with Crippen molar-refractivity contribution in [3.63, 3.8) is 0 Å². The molecule has 1 N–H and O–H groups in total. The molecule has 0 spiro atoms. The lowest BCUT2D eigenvalue weighted by molar-refractivity contribution is 0.130. The summed E-state index contributed by atoms with van der Waals surface area (Å²) in [5, 5.41) is 10.2. The van der Waals surface area contributed by atoms with Crippen molar-refractivity contribution in [2.24, 2.45) is 5.92 Å². The Bertz CT molecular complexity index is 369. The van der Waals surface area contributed by atoms with Crippen molar-refractivity contribution < 1.29 is 9.50 Å². The van der Waals surface area contributed by atoms with E-state index in [1.807, 2.05) is 6.92 Å². The van der Waals surface area contributed by atoms with Crippen LogP contribution >= 0.6 is 0 Å². The molecule has 0 bridgehead atoms. The third kappa shape index (κ3) is 3.29. The van der Waals surface area contributed by atoms with Crippen LogP contribution in [0.15, 0.2) is 18.2 Å². The molecule has 1 aliphatic rings. The van der Waals surface area contributed by atoms with Crippen LogP contribution in [0, 0.1) is 18.7 Å². The molecule has 0 aromatic heterocycles. The number of benzene rings is 1. The lowest BCUT2D eigenvalue weighted by atomic mass is 9.83. The van der Waals surface area contributed by atoms with Gasteiger partial charge in [-0.3, -0.25) is 0 Å². The molecule has 2 rings (SSSR count). The second-order valence-corrected chi connectivity index (χ2v) is 5.26. The van der Waals surface area contributed by atoms with Gasteiger partial charge in [0.15, 0.2) is 0 Å². The zero-order valence-corrected chi connectivity index (χ0v) is 10.5. The molecule has 1 unspecified atom stereocenters. The third-order valence-electron chi connectivity index (χ3n) is 3.87. The number of hydrogen-bond donors (Lipinski definition) is 1. The SMILES string of the molecule is Cc1cc(F)ccc1C(O)CC1CCCCC1. The number of aliphatic hydroxyl groups is 1. The smallest absolute Gasteiger partial charge is 0.123 e. The summed E-state index contributed by atoms with van der Waals surface area (Å²) in [6, 6.07) is 4.66. The first-order valence-corrected chi connectivity index (χ1v) is 6.61. The van der Waals surface area contributed by atoms with Crippen molar-refractivity contribution in [1.82, 2.24) is 0 Å². The molecule has 1 aliphatic carbocycles. The molecule has 1 fully saturated rings. The summed E-state index contributed by atoms with van der Waals surface area (Å²) in [7, 11) is 0. The maximum absolute atomic E-state index is 13.0. The Balaban J connectivity index is 2.00. The normalized spacial score (nSPS) is 19.2. The predicted molar refractivity (Wildman–Crippen MR) is 67.3 cm³/mol. The Morgan fingerprint density at radius 1 is 1.29 bits per heavy atom. The van der Waals surface area contributed by atoms with Crippen molar-refractivity contribution in [3.8, 4) is 0 Å². The molecule has 0 amide bonds. The van der Waals surface area contributed by atoms with Gasteiger partial charge in [-0.05, 0) is 42.5 Å². The highest BCUT2D eigenvalue weighted by Crippen LogP contribution is 2.32. The van der Waals surface area contributed by atoms with Crippen LogP contribution in [0.25, 0.3) is 0 Å². The fourth-order valence-electron chi connectivity index (χ4n) is 2.88. The molecule has 0 heterocycles. The van der Waals surface area contributed by atoms with Crippen LogP contribution in [0.5, 0.6) is 0 Å². The van der Waals surface area contributed by atoms with Gasteiger partial charge in [0.1, 0.15) is 5.82 Å². The van der Waals surface area contributed by atoms with Crippen LogP contribution in [0.2, 0.25) is 0 Å². The van der Waals surface area contributed by atoms with Crippen LogP contribution in [0.4, 0.5) is 4.39 Å². The maximum atomic E-state index is 13.0. The standard InChI is InChI=1S/C15H21FO/c1-11-9-13(16)7-8-14(11)15(17)10-12-5-3-2-4-6-12/h7-9,12,15,17H,2-6,10H2,1H3. The van der Waals surface area contributed by atoms with Crippen LogP contribution in [0.1, 0.15) is 55.8 Å². The second kappa shape index (κ2) is 5.63. The van der Waals surface area contributed by atoms with Crippen molar-refractivity contribution in [1.29, 1.82) is 0 Å². The lowest BCUT2D eigenvalue weighted by Gasteiger charge is -2.24. The summed E-state index contributed by atoms with van der Waals surface area (Å²) in [5.74, 6) is 0.416. The molecule has 0 aliphatic heterocycles. The van der Waals surface area contributed by atoms with Gasteiger partial charge in [0.05, 0.1) is 6.10 Å². The maximum Gasteiger partial charge on any atom is 0.123 e. The molecule has 17 heavy (non-hydrogen) atoms. The van der Waals surface area contributed by atoms with E-state index >= 15 is 0 Å². The summed E-state index contributed by atoms with van der Waals surface area (Å²) >= 11 is 0. The van der Waals surface area contributed by atoms with E-state index in [1.54, 1.807) is 6.07 Å². The fraction of sp³-hybridized carbons (Fsp3) is 0.600. The molecule has 1 nitrogen and oxygen atoms in total. The van der Waals surface area contributed by atoms with Crippen LogP contribution in [-0.4, -0.2) is 5.11 Å². The molecule has 1 atom stereocenters. The zero-order valence-electron chi connectivity index (χ0n) is 10.5. The highest BCUT2D eigenvalue weighted by Gasteiger charge is 2.19. The highest BCUT2D eigenvalue weighted by atomic mass is 19.1. The summed E-state index contributed by atoms with van der Waals surface area (Å²) in [6.07, 6.45) is 6.78. The summed E-state index contributed by atoms with van der Waals surface area (Å²) in [4.78, 5) is 0. The van der Waals surface area contributed by atoms with Crippen LogP contribution in [-0.2, 0) is 0 Å². The predicted octanol–water partition coefficient (Wildman–Crippen LogP) is 4.14. The van der Waals surface area contributed by atoms with Crippen LogP contribution in [0.3, 0.4) is 0 Å². The van der Waals surface area contributed by atoms with E-state index in [-0.39, 0.29) is 5.82 Å². The molecular weight excluding hydrogens is 215 g/mol. The Labute approximate surface area is 103 Å². The molecule has 0 saturated heterocycles. The first kappa shape index (κ1) is 12.6. The highest BCUT2D eigenvalue weighted by molar-refractivity contribution is 5.28. The van der Waals surface area contributed by atoms with Gasteiger partial charge in [-0.2, -0.15) is 0 Å². The van der Waals surface area contributed by atoms with E-state index in [9.17, 15) is 9.50 Å². The van der Waals surface area contributed by atoms with Gasteiger partial charge in [-0.15, -0.1) is 0 Å². The van der Waals surface area contributed by atoms with Gasteiger partial charge in [-0.1, -0.05) is 38.2 Å². The van der Waals surface area contributed by atoms with Gasteiger partial charge < -0.3 is 5.11 Å². The van der Waals surface area contributed by atoms with E-state index < -0.39 is 6.10 Å². The van der Waals surface area contributed by atoms with Gasteiger partial charge in [0.25, 0.3) is 0 Å². The van der Waals surface area contributed by atoms with Crippen molar-refractivity contribution in [3.05, 3.63) is 35.1 Å². The van der Waals surface area contributed by atoms with E-state index in [0.29, 0.717) is 5.92 Å². The Morgan fingerprint density at radius 2 is 2.00 bits per heavy atom. The number of halogens is 1. The number of hydrogen-bond acceptors (Lipinski definition) is 1. The van der Waals surface area contributed by atoms with Gasteiger partial charge in [-0.25, -0.2) is 4.39 Å². The minimum atomic E-state index is -0.432. The van der Waals surface area contributed by atoms with Gasteiger partial charge in [0, 0.05) is 0 Å². The van der Waals surface area contributed by atoms with Crippen molar-refractivity contribution >= 4 is 0 Å². The second-order valence-electron chi connectivity index (χ2n) is 5.26. The van der Waals surface area contributed by atoms with E-state index in [2.05, 4.69) is 0 Å². The number of aliphatic hydroxyl groups excluding tert-OH is 1. The molecule has 1 aromatic carbocycles. The average Bonchev–Trinajstić information content (AvgIpc) is 2.30. The topological polar surface area (TPSA) is 20.2 Å². The summed E-state index contributed by atoms with van der Waals surface area (Å²) in [5.41, 5.74) is 1.74. The minimum Gasteiger partial charge on any atom is -0.388 e. The Hall–Kier alpha value is -0.890. The van der Waals surface area contributed by atoms with E-state index in [1.165, 1.54) is 44.2 Å². The monoisotopic (exact) mass is 236 g/mol. The lowest BCUT2D eigenvalue weighted by Crippen LogP contribution is -2.11. The summed E-state index contributed by atoms with van der Waals surface area (Å²) in [6.45, 7) is 1.86. The van der Waals surface area contributed by atoms with Crippen LogP contribution < -0.4 is 0 Å². The van der Waals surface area contributed by atoms with E-state index in [0.717, 1.165) is 17.5 Å². The summed E-state index contributed by atoms with van der Waals surface area (Å²) < 4.78 is 13.0. The molecule has 1 saturated carbocycles. The zero-order chi connectivity index (χ0) is 12.3. The average molecular weight is 236 g/mol. The molecule has 1 aromatic rings. The van der Waals surface area contributed by atoms with E-state index in [4.69, 9.17) is 0 Å².